The van der Waals surface area contributed by atoms with Gasteiger partial charge in [-0.05, 0) is 34.1 Å². The first-order valence-electron chi connectivity index (χ1n) is 5.43. The number of hydrogen-bond donors (Lipinski definition) is 1. The third-order valence-electron chi connectivity index (χ3n) is 2.37. The number of aromatic nitrogens is 2. The van der Waals surface area contributed by atoms with Crippen LogP contribution in [0.3, 0.4) is 0 Å². The van der Waals surface area contributed by atoms with Gasteiger partial charge in [0.05, 0.1) is 21.9 Å². The molecule has 0 spiro atoms. The lowest BCUT2D eigenvalue weighted by Crippen LogP contribution is -2.14. The first kappa shape index (κ1) is 15.7. The first-order chi connectivity index (χ1) is 9.77. The van der Waals surface area contributed by atoms with Gasteiger partial charge in [-0.3, -0.25) is 9.78 Å². The van der Waals surface area contributed by atoms with E-state index in [2.05, 4.69) is 31.2 Å². The number of pyridine rings is 2. The fraction of sp³-hybridized carbons (Fsp3) is 0.0833. The normalized spacial score (nSPS) is 11.3. The van der Waals surface area contributed by atoms with Crippen LogP contribution < -0.4 is 5.32 Å². The highest BCUT2D eigenvalue weighted by atomic mass is 79.9. The molecule has 21 heavy (non-hydrogen) atoms. The molecule has 0 saturated carbocycles. The number of amides is 1. The summed E-state index contributed by atoms with van der Waals surface area (Å²) in [6.45, 7) is 0. The Bertz CT molecular complexity index is 676. The number of nitrogens with one attached hydrogen (secondary N) is 1. The van der Waals surface area contributed by atoms with Gasteiger partial charge < -0.3 is 5.32 Å². The molecule has 0 aromatic carbocycles. The summed E-state index contributed by atoms with van der Waals surface area (Å²) < 4.78 is 37.6. The highest BCUT2D eigenvalue weighted by Crippen LogP contribution is 2.27. The van der Waals surface area contributed by atoms with E-state index >= 15 is 0 Å². The number of rotatable bonds is 2. The standard InChI is InChI=1S/C12H6BrClF3N3O/c13-8-3-7(5-19-10(8)14)20-11(21)6-1-2-9(18-4-6)12(15,16)17/h1-5H,(H,20,21). The van der Waals surface area contributed by atoms with Crippen molar-refractivity contribution in [2.75, 3.05) is 5.32 Å². The largest absolute Gasteiger partial charge is 0.433 e. The summed E-state index contributed by atoms with van der Waals surface area (Å²) in [6.07, 6.45) is -2.36. The number of halogens is 5. The minimum Gasteiger partial charge on any atom is -0.321 e. The lowest BCUT2D eigenvalue weighted by molar-refractivity contribution is -0.141. The molecule has 0 aliphatic carbocycles. The second-order valence-corrected chi connectivity index (χ2v) is 5.09. The van der Waals surface area contributed by atoms with Gasteiger partial charge in [-0.15, -0.1) is 0 Å². The highest BCUT2D eigenvalue weighted by molar-refractivity contribution is 9.10. The molecule has 0 unspecified atom stereocenters. The molecule has 4 nitrogen and oxygen atoms in total. The molecule has 2 aromatic rings. The van der Waals surface area contributed by atoms with Crippen molar-refractivity contribution in [2.24, 2.45) is 0 Å². The van der Waals surface area contributed by atoms with Crippen molar-refractivity contribution in [3.63, 3.8) is 0 Å². The van der Waals surface area contributed by atoms with E-state index < -0.39 is 17.8 Å². The Morgan fingerprint density at radius 3 is 2.48 bits per heavy atom. The number of hydrogen-bond acceptors (Lipinski definition) is 3. The van der Waals surface area contributed by atoms with Crippen LogP contribution in [0, 0.1) is 0 Å². The van der Waals surface area contributed by atoms with Gasteiger partial charge in [-0.2, -0.15) is 13.2 Å². The predicted molar refractivity (Wildman–Crippen MR) is 74.1 cm³/mol. The van der Waals surface area contributed by atoms with Crippen LogP contribution in [0.4, 0.5) is 18.9 Å². The van der Waals surface area contributed by atoms with E-state index in [4.69, 9.17) is 11.6 Å². The molecule has 0 aliphatic rings. The summed E-state index contributed by atoms with van der Waals surface area (Å²) >= 11 is 8.85. The van der Waals surface area contributed by atoms with Crippen LogP contribution in [0.15, 0.2) is 35.1 Å². The van der Waals surface area contributed by atoms with Crippen LogP contribution in [0.25, 0.3) is 0 Å². The lowest BCUT2D eigenvalue weighted by atomic mass is 10.2. The van der Waals surface area contributed by atoms with Gasteiger partial charge in [0.15, 0.2) is 0 Å². The van der Waals surface area contributed by atoms with Crippen molar-refractivity contribution in [2.45, 2.75) is 6.18 Å². The van der Waals surface area contributed by atoms with Crippen molar-refractivity contribution in [3.8, 4) is 0 Å². The van der Waals surface area contributed by atoms with Crippen LogP contribution in [-0.2, 0) is 6.18 Å². The summed E-state index contributed by atoms with van der Waals surface area (Å²) in [4.78, 5) is 18.9. The zero-order valence-corrected chi connectivity index (χ0v) is 12.4. The fourth-order valence-corrected chi connectivity index (χ4v) is 1.84. The fourth-order valence-electron chi connectivity index (χ4n) is 1.39. The minimum atomic E-state index is -4.54. The van der Waals surface area contributed by atoms with E-state index in [0.717, 1.165) is 18.3 Å². The van der Waals surface area contributed by atoms with E-state index in [9.17, 15) is 18.0 Å². The molecule has 1 N–H and O–H groups in total. The van der Waals surface area contributed by atoms with Gasteiger partial charge in [0.2, 0.25) is 0 Å². The second kappa shape index (κ2) is 5.98. The summed E-state index contributed by atoms with van der Waals surface area (Å²) in [5.74, 6) is -0.604. The molecule has 1 amide bonds. The zero-order valence-electron chi connectivity index (χ0n) is 10.1. The number of carbonyl (C=O) groups excluding carboxylic acids is 1. The number of anilines is 1. The molecule has 0 radical (unpaired) electrons. The third kappa shape index (κ3) is 3.92. The molecule has 2 heterocycles. The molecule has 0 saturated heterocycles. The SMILES string of the molecule is O=C(Nc1cnc(Cl)c(Br)c1)c1ccc(C(F)(F)F)nc1. The van der Waals surface area contributed by atoms with E-state index in [1.807, 2.05) is 0 Å². The molecule has 2 rings (SSSR count). The van der Waals surface area contributed by atoms with Gasteiger partial charge in [0.25, 0.3) is 5.91 Å². The molecular formula is C12H6BrClF3N3O. The Kier molecular flexibility index (Phi) is 4.48. The van der Waals surface area contributed by atoms with Crippen LogP contribution in [0.1, 0.15) is 16.1 Å². The quantitative estimate of drug-likeness (QED) is 0.796. The topological polar surface area (TPSA) is 54.9 Å². The van der Waals surface area contributed by atoms with Crippen LogP contribution in [0.5, 0.6) is 0 Å². The maximum absolute atomic E-state index is 12.4. The Hall–Kier alpha value is -1.67. The Balaban J connectivity index is 2.15. The van der Waals surface area contributed by atoms with Gasteiger partial charge in [0.1, 0.15) is 10.8 Å². The molecule has 2 aromatic heterocycles. The van der Waals surface area contributed by atoms with Gasteiger partial charge in [0, 0.05) is 6.20 Å². The van der Waals surface area contributed by atoms with Gasteiger partial charge in [-0.1, -0.05) is 11.6 Å². The summed E-state index contributed by atoms with van der Waals surface area (Å²) in [5, 5.41) is 2.70. The zero-order chi connectivity index (χ0) is 15.6. The number of alkyl halides is 3. The minimum absolute atomic E-state index is 0.00549. The van der Waals surface area contributed by atoms with Crippen molar-refractivity contribution < 1.29 is 18.0 Å². The van der Waals surface area contributed by atoms with E-state index in [0.29, 0.717) is 10.2 Å². The molecule has 0 fully saturated rings. The summed E-state index contributed by atoms with van der Waals surface area (Å²) in [7, 11) is 0. The maximum atomic E-state index is 12.4. The van der Waals surface area contributed by atoms with Crippen molar-refractivity contribution >= 4 is 39.1 Å². The lowest BCUT2D eigenvalue weighted by Gasteiger charge is -2.08. The van der Waals surface area contributed by atoms with E-state index in [1.54, 1.807) is 0 Å². The molecule has 0 bridgehead atoms. The first-order valence-corrected chi connectivity index (χ1v) is 6.60. The Labute approximate surface area is 130 Å². The van der Waals surface area contributed by atoms with Crippen molar-refractivity contribution in [3.05, 3.63) is 51.5 Å². The van der Waals surface area contributed by atoms with Gasteiger partial charge in [-0.25, -0.2) is 4.98 Å². The Morgan fingerprint density at radius 2 is 1.95 bits per heavy atom. The highest BCUT2D eigenvalue weighted by Gasteiger charge is 2.32. The summed E-state index contributed by atoms with van der Waals surface area (Å²) in [5.41, 5.74) is -0.722. The van der Waals surface area contributed by atoms with E-state index in [-0.39, 0.29) is 10.7 Å². The molecule has 110 valence electrons. The maximum Gasteiger partial charge on any atom is 0.433 e. The molecule has 0 aliphatic heterocycles. The molecule has 9 heteroatoms. The van der Waals surface area contributed by atoms with Crippen molar-refractivity contribution in [1.82, 2.24) is 9.97 Å². The number of nitrogens with zero attached hydrogens (tertiary/aromatic N) is 2. The molecular weight excluding hydrogens is 375 g/mol. The summed E-state index contributed by atoms with van der Waals surface area (Å²) in [6, 6.07) is 3.30. The smallest absolute Gasteiger partial charge is 0.321 e. The van der Waals surface area contributed by atoms with Crippen LogP contribution in [-0.4, -0.2) is 15.9 Å². The molecule has 0 atom stereocenters. The monoisotopic (exact) mass is 379 g/mol. The van der Waals surface area contributed by atoms with Crippen molar-refractivity contribution in [1.29, 1.82) is 0 Å². The van der Waals surface area contributed by atoms with E-state index in [1.165, 1.54) is 12.3 Å². The predicted octanol–water partition coefficient (Wildman–Crippen LogP) is 4.16. The average molecular weight is 381 g/mol. The van der Waals surface area contributed by atoms with Crippen LogP contribution >= 0.6 is 27.5 Å². The van der Waals surface area contributed by atoms with Gasteiger partial charge >= 0.3 is 6.18 Å². The third-order valence-corrected chi connectivity index (χ3v) is 3.50. The van der Waals surface area contributed by atoms with Crippen LogP contribution in [0.2, 0.25) is 5.15 Å². The number of carbonyl (C=O) groups is 1. The second-order valence-electron chi connectivity index (χ2n) is 3.88. The average Bonchev–Trinajstić information content (AvgIpc) is 2.42. The Morgan fingerprint density at radius 1 is 1.24 bits per heavy atom.